The third kappa shape index (κ3) is 8.48. The standard InChI is InChI=1S/C15H23BrFNO3/c1-11(2)21-6-5-20-10-14(19)9-18-8-12-7-13(17)3-4-15(12)16/h3-4,7,11,14,18-19H,5-6,8-10H2,1-2H3. The second-order valence-corrected chi connectivity index (χ2v) is 5.87. The minimum absolute atomic E-state index is 0.185. The van der Waals surface area contributed by atoms with E-state index in [1.54, 1.807) is 6.07 Å². The van der Waals surface area contributed by atoms with E-state index in [0.29, 0.717) is 26.3 Å². The van der Waals surface area contributed by atoms with Crippen molar-refractivity contribution in [1.82, 2.24) is 5.32 Å². The van der Waals surface area contributed by atoms with Crippen molar-refractivity contribution in [2.75, 3.05) is 26.4 Å². The van der Waals surface area contributed by atoms with Crippen molar-refractivity contribution < 1.29 is 19.0 Å². The molecule has 4 nitrogen and oxygen atoms in total. The Morgan fingerprint density at radius 2 is 2.10 bits per heavy atom. The molecule has 1 rings (SSSR count). The van der Waals surface area contributed by atoms with Gasteiger partial charge in [-0.25, -0.2) is 4.39 Å². The van der Waals surface area contributed by atoms with E-state index in [4.69, 9.17) is 9.47 Å². The van der Waals surface area contributed by atoms with Gasteiger partial charge in [-0.15, -0.1) is 0 Å². The third-order valence-electron chi connectivity index (χ3n) is 2.69. The first kappa shape index (κ1) is 18.5. The van der Waals surface area contributed by atoms with Gasteiger partial charge in [-0.3, -0.25) is 0 Å². The third-order valence-corrected chi connectivity index (χ3v) is 3.47. The summed E-state index contributed by atoms with van der Waals surface area (Å²) in [6, 6.07) is 4.53. The van der Waals surface area contributed by atoms with Gasteiger partial charge in [-0.1, -0.05) is 15.9 Å². The number of aliphatic hydroxyl groups is 1. The molecule has 1 atom stereocenters. The Morgan fingerprint density at radius 3 is 2.81 bits per heavy atom. The summed E-state index contributed by atoms with van der Waals surface area (Å²) in [7, 11) is 0. The van der Waals surface area contributed by atoms with E-state index in [9.17, 15) is 9.50 Å². The highest BCUT2D eigenvalue weighted by molar-refractivity contribution is 9.10. The maximum atomic E-state index is 13.1. The summed E-state index contributed by atoms with van der Waals surface area (Å²) in [6.07, 6.45) is -0.415. The number of aliphatic hydroxyl groups excluding tert-OH is 1. The highest BCUT2D eigenvalue weighted by atomic mass is 79.9. The van der Waals surface area contributed by atoms with Gasteiger partial charge in [0.2, 0.25) is 0 Å². The Bertz CT molecular complexity index is 418. The summed E-state index contributed by atoms with van der Waals surface area (Å²) >= 11 is 3.36. The van der Waals surface area contributed by atoms with Crippen molar-refractivity contribution in [3.63, 3.8) is 0 Å². The summed E-state index contributed by atoms with van der Waals surface area (Å²) in [5, 5.41) is 12.8. The smallest absolute Gasteiger partial charge is 0.123 e. The van der Waals surface area contributed by atoms with Gasteiger partial charge in [0.25, 0.3) is 0 Å². The molecule has 0 aromatic heterocycles. The van der Waals surface area contributed by atoms with Crippen molar-refractivity contribution >= 4 is 15.9 Å². The fraction of sp³-hybridized carbons (Fsp3) is 0.600. The Balaban J connectivity index is 2.13. The molecule has 0 saturated heterocycles. The molecule has 0 heterocycles. The predicted octanol–water partition coefficient (Wildman–Crippen LogP) is 2.48. The molecule has 21 heavy (non-hydrogen) atoms. The molecule has 0 radical (unpaired) electrons. The van der Waals surface area contributed by atoms with Crippen LogP contribution < -0.4 is 5.32 Å². The van der Waals surface area contributed by atoms with Gasteiger partial charge in [0.05, 0.1) is 32.0 Å². The molecule has 0 fully saturated rings. The molecule has 0 aliphatic carbocycles. The van der Waals surface area contributed by atoms with Crippen LogP contribution in [0.25, 0.3) is 0 Å². The summed E-state index contributed by atoms with van der Waals surface area (Å²) in [5.41, 5.74) is 0.813. The lowest BCUT2D eigenvalue weighted by atomic mass is 10.2. The van der Waals surface area contributed by atoms with Crippen LogP contribution in [0.5, 0.6) is 0 Å². The van der Waals surface area contributed by atoms with Crippen LogP contribution in [0.1, 0.15) is 19.4 Å². The van der Waals surface area contributed by atoms with Gasteiger partial charge in [-0.05, 0) is 37.6 Å². The van der Waals surface area contributed by atoms with Crippen LogP contribution in [0.4, 0.5) is 4.39 Å². The molecule has 1 aromatic carbocycles. The van der Waals surface area contributed by atoms with Gasteiger partial charge >= 0.3 is 0 Å². The second kappa shape index (κ2) is 10.2. The zero-order valence-corrected chi connectivity index (χ0v) is 14.0. The highest BCUT2D eigenvalue weighted by Crippen LogP contribution is 2.17. The number of nitrogens with one attached hydrogen (secondary N) is 1. The number of ether oxygens (including phenoxy) is 2. The van der Waals surface area contributed by atoms with E-state index in [2.05, 4.69) is 21.2 Å². The number of hydrogen-bond acceptors (Lipinski definition) is 4. The van der Waals surface area contributed by atoms with Crippen molar-refractivity contribution in [3.05, 3.63) is 34.1 Å². The van der Waals surface area contributed by atoms with Crippen molar-refractivity contribution in [2.24, 2.45) is 0 Å². The van der Waals surface area contributed by atoms with Crippen molar-refractivity contribution in [3.8, 4) is 0 Å². The molecule has 1 unspecified atom stereocenters. The Morgan fingerprint density at radius 1 is 1.33 bits per heavy atom. The SMILES string of the molecule is CC(C)OCCOCC(O)CNCc1cc(F)ccc1Br. The van der Waals surface area contributed by atoms with E-state index in [0.717, 1.165) is 10.0 Å². The zero-order valence-electron chi connectivity index (χ0n) is 12.4. The van der Waals surface area contributed by atoms with Crippen molar-refractivity contribution in [2.45, 2.75) is 32.6 Å². The van der Waals surface area contributed by atoms with Gasteiger partial charge in [0.1, 0.15) is 5.82 Å². The van der Waals surface area contributed by atoms with Crippen LogP contribution in [-0.4, -0.2) is 43.7 Å². The average Bonchev–Trinajstić information content (AvgIpc) is 2.42. The van der Waals surface area contributed by atoms with Gasteiger partial charge in [-0.2, -0.15) is 0 Å². The molecule has 0 aliphatic rings. The summed E-state index contributed by atoms with van der Waals surface area (Å²) in [5.74, 6) is -0.274. The fourth-order valence-corrected chi connectivity index (χ4v) is 2.06. The molecule has 0 saturated carbocycles. The molecular weight excluding hydrogens is 341 g/mol. The van der Waals surface area contributed by atoms with Crippen molar-refractivity contribution in [1.29, 1.82) is 0 Å². The minimum Gasteiger partial charge on any atom is -0.389 e. The van der Waals surface area contributed by atoms with E-state index >= 15 is 0 Å². The number of benzene rings is 1. The monoisotopic (exact) mass is 363 g/mol. The number of halogens is 2. The lowest BCUT2D eigenvalue weighted by molar-refractivity contribution is -0.0100. The topological polar surface area (TPSA) is 50.7 Å². The summed E-state index contributed by atoms with van der Waals surface area (Å²) in [6.45, 7) is 6.02. The Labute approximate surface area is 133 Å². The fourth-order valence-electron chi connectivity index (χ4n) is 1.67. The minimum atomic E-state index is -0.601. The average molecular weight is 364 g/mol. The van der Waals surface area contributed by atoms with E-state index in [1.165, 1.54) is 12.1 Å². The Kier molecular flexibility index (Phi) is 9.03. The first-order valence-electron chi connectivity index (χ1n) is 7.01. The maximum Gasteiger partial charge on any atom is 0.123 e. The van der Waals surface area contributed by atoms with Crippen LogP contribution in [0.15, 0.2) is 22.7 Å². The molecule has 0 aliphatic heterocycles. The lowest BCUT2D eigenvalue weighted by Gasteiger charge is -2.13. The van der Waals surface area contributed by atoms with Crippen LogP contribution in [0, 0.1) is 5.82 Å². The van der Waals surface area contributed by atoms with Gasteiger partial charge in [0, 0.05) is 17.6 Å². The van der Waals surface area contributed by atoms with Crippen LogP contribution in [-0.2, 0) is 16.0 Å². The normalized spacial score (nSPS) is 12.9. The number of hydrogen-bond donors (Lipinski definition) is 2. The molecular formula is C15H23BrFNO3. The molecule has 0 spiro atoms. The van der Waals surface area contributed by atoms with Gasteiger partial charge < -0.3 is 19.9 Å². The Hall–Kier alpha value is -0.530. The number of rotatable bonds is 10. The predicted molar refractivity (Wildman–Crippen MR) is 83.7 cm³/mol. The largest absolute Gasteiger partial charge is 0.389 e. The molecule has 0 amide bonds. The molecule has 2 N–H and O–H groups in total. The molecule has 6 heteroatoms. The molecule has 120 valence electrons. The summed E-state index contributed by atoms with van der Waals surface area (Å²) in [4.78, 5) is 0. The van der Waals surface area contributed by atoms with Crippen LogP contribution in [0.3, 0.4) is 0 Å². The quantitative estimate of drug-likeness (QED) is 0.627. The van der Waals surface area contributed by atoms with E-state index < -0.39 is 6.10 Å². The van der Waals surface area contributed by atoms with Gasteiger partial charge in [0.15, 0.2) is 0 Å². The maximum absolute atomic E-state index is 13.1. The summed E-state index contributed by atoms with van der Waals surface area (Å²) < 4.78 is 24.6. The van der Waals surface area contributed by atoms with Crippen LogP contribution >= 0.6 is 15.9 Å². The van der Waals surface area contributed by atoms with E-state index in [1.807, 2.05) is 13.8 Å². The zero-order chi connectivity index (χ0) is 15.7. The van der Waals surface area contributed by atoms with Crippen LogP contribution in [0.2, 0.25) is 0 Å². The molecule has 1 aromatic rings. The highest BCUT2D eigenvalue weighted by Gasteiger charge is 2.06. The van der Waals surface area contributed by atoms with E-state index in [-0.39, 0.29) is 18.5 Å². The first-order valence-corrected chi connectivity index (χ1v) is 7.80. The molecule has 0 bridgehead atoms. The second-order valence-electron chi connectivity index (χ2n) is 5.01. The first-order chi connectivity index (χ1) is 9.99. The lowest BCUT2D eigenvalue weighted by Crippen LogP contribution is -2.30.